The van der Waals surface area contributed by atoms with Gasteiger partial charge in [-0.3, -0.25) is 14.8 Å². The topological polar surface area (TPSA) is 54.4 Å². The fourth-order valence-electron chi connectivity index (χ4n) is 3.25. The number of carbonyl (C=O) groups excluding carboxylic acids is 1. The number of nitrogens with zero attached hydrogens (tertiary/aromatic N) is 2. The largest absolute Gasteiger partial charge is 0.343 e. The Balaban J connectivity index is 1.86. The number of hydrogen-bond donors (Lipinski definition) is 1. The van der Waals surface area contributed by atoms with Gasteiger partial charge in [0.25, 0.3) is 0 Å². The van der Waals surface area contributed by atoms with Crippen LogP contribution >= 0.6 is 11.6 Å². The summed E-state index contributed by atoms with van der Waals surface area (Å²) in [5, 5.41) is 3.98. The van der Waals surface area contributed by atoms with Gasteiger partial charge in [-0.2, -0.15) is 0 Å². The number of hydrogen-bond acceptors (Lipinski definition) is 4. The lowest BCUT2D eigenvalue weighted by atomic mass is 9.85. The summed E-state index contributed by atoms with van der Waals surface area (Å²) in [5.74, 6) is 0.893. The van der Waals surface area contributed by atoms with Gasteiger partial charge < -0.3 is 5.32 Å². The zero-order chi connectivity index (χ0) is 16.5. The van der Waals surface area contributed by atoms with E-state index in [1.165, 1.54) is 0 Å². The molecule has 4 rings (SSSR count). The Labute approximate surface area is 145 Å². The van der Waals surface area contributed by atoms with E-state index in [1.807, 2.05) is 36.4 Å². The first kappa shape index (κ1) is 15.1. The minimum atomic E-state index is -0.363. The lowest BCUT2D eigenvalue weighted by Crippen LogP contribution is -2.35. The third-order valence-corrected chi connectivity index (χ3v) is 4.74. The number of pyridine rings is 1. The normalized spacial score (nSPS) is 20.3. The van der Waals surface area contributed by atoms with Crippen LogP contribution in [0.3, 0.4) is 0 Å². The number of benzene rings is 1. The van der Waals surface area contributed by atoms with E-state index in [1.54, 1.807) is 12.4 Å². The third-order valence-electron chi connectivity index (χ3n) is 4.39. The molecule has 1 aromatic carbocycles. The lowest BCUT2D eigenvalue weighted by molar-refractivity contribution is -0.116. The number of aromatic nitrogens is 1. The number of rotatable bonds is 2. The van der Waals surface area contributed by atoms with Crippen molar-refractivity contribution >= 4 is 23.2 Å². The maximum atomic E-state index is 12.5. The number of allylic oxidation sites excluding steroid dienone is 1. The van der Waals surface area contributed by atoms with Crippen molar-refractivity contribution in [3.05, 3.63) is 76.2 Å². The van der Waals surface area contributed by atoms with Crippen molar-refractivity contribution in [1.82, 2.24) is 10.3 Å². The van der Waals surface area contributed by atoms with E-state index >= 15 is 0 Å². The predicted molar refractivity (Wildman–Crippen MR) is 94.0 cm³/mol. The molecular formula is C19H16ClN3O. The van der Waals surface area contributed by atoms with E-state index in [0.717, 1.165) is 41.1 Å². The van der Waals surface area contributed by atoms with Crippen LogP contribution in [0.5, 0.6) is 0 Å². The van der Waals surface area contributed by atoms with Gasteiger partial charge in [-0.05, 0) is 36.6 Å². The predicted octanol–water partition coefficient (Wildman–Crippen LogP) is 3.83. The average molecular weight is 338 g/mol. The number of nitrogens with one attached hydrogen (secondary N) is 1. The van der Waals surface area contributed by atoms with Crippen LogP contribution in [0.4, 0.5) is 0 Å². The van der Waals surface area contributed by atoms with Crippen LogP contribution in [0.25, 0.3) is 0 Å². The minimum absolute atomic E-state index is 0.155. The van der Waals surface area contributed by atoms with E-state index < -0.39 is 0 Å². The molecule has 0 unspecified atom stereocenters. The van der Waals surface area contributed by atoms with Crippen LogP contribution in [0, 0.1) is 0 Å². The van der Waals surface area contributed by atoms with Crippen molar-refractivity contribution in [3.63, 3.8) is 0 Å². The number of ketones is 1. The van der Waals surface area contributed by atoms with Crippen LogP contribution in [0.15, 0.2) is 65.1 Å². The maximum Gasteiger partial charge on any atom is 0.163 e. The van der Waals surface area contributed by atoms with Crippen LogP contribution < -0.4 is 5.32 Å². The van der Waals surface area contributed by atoms with Gasteiger partial charge in [0, 0.05) is 40.7 Å². The van der Waals surface area contributed by atoms with E-state index in [0.29, 0.717) is 11.4 Å². The molecule has 1 N–H and O–H groups in total. The van der Waals surface area contributed by atoms with E-state index in [9.17, 15) is 4.79 Å². The molecule has 1 aliphatic carbocycles. The highest BCUT2D eigenvalue weighted by molar-refractivity contribution is 6.31. The van der Waals surface area contributed by atoms with Crippen LogP contribution in [-0.4, -0.2) is 16.6 Å². The molecule has 0 bridgehead atoms. The van der Waals surface area contributed by atoms with Gasteiger partial charge in [0.2, 0.25) is 0 Å². The molecule has 1 aliphatic heterocycles. The summed E-state index contributed by atoms with van der Waals surface area (Å²) < 4.78 is 0. The van der Waals surface area contributed by atoms with Crippen molar-refractivity contribution in [2.24, 2.45) is 4.99 Å². The molecule has 0 radical (unpaired) electrons. The van der Waals surface area contributed by atoms with Gasteiger partial charge >= 0.3 is 0 Å². The molecule has 5 heteroatoms. The lowest BCUT2D eigenvalue weighted by Gasteiger charge is -2.31. The molecule has 24 heavy (non-hydrogen) atoms. The van der Waals surface area contributed by atoms with Crippen molar-refractivity contribution in [2.45, 2.75) is 25.3 Å². The molecular weight excluding hydrogens is 322 g/mol. The summed E-state index contributed by atoms with van der Waals surface area (Å²) in [6, 6.07) is 11.1. The third kappa shape index (κ3) is 2.63. The molecule has 1 atom stereocenters. The standard InChI is InChI=1S/C19H16ClN3O/c20-14-7-2-1-6-13(14)18-17-15(8-3-9-16(17)24)22-19(23-18)12-5-4-10-21-11-12/h1-2,4-7,10-11,18H,3,8-9H2,(H,22,23)/t18-/m1/s1. The second-order valence-electron chi connectivity index (χ2n) is 5.94. The summed E-state index contributed by atoms with van der Waals surface area (Å²) >= 11 is 6.39. The molecule has 2 aromatic rings. The van der Waals surface area contributed by atoms with Crippen molar-refractivity contribution < 1.29 is 4.79 Å². The fraction of sp³-hybridized carbons (Fsp3) is 0.211. The zero-order valence-corrected chi connectivity index (χ0v) is 13.8. The maximum absolute atomic E-state index is 12.5. The Bertz CT molecular complexity index is 858. The second kappa shape index (κ2) is 6.21. The molecule has 0 saturated carbocycles. The summed E-state index contributed by atoms with van der Waals surface area (Å²) in [4.78, 5) is 21.5. The summed E-state index contributed by atoms with van der Waals surface area (Å²) in [7, 11) is 0. The molecule has 0 fully saturated rings. The van der Waals surface area contributed by atoms with E-state index in [2.05, 4.69) is 10.3 Å². The molecule has 0 spiro atoms. The van der Waals surface area contributed by atoms with Crippen LogP contribution in [0.1, 0.15) is 36.4 Å². The highest BCUT2D eigenvalue weighted by atomic mass is 35.5. The van der Waals surface area contributed by atoms with E-state index in [-0.39, 0.29) is 11.8 Å². The van der Waals surface area contributed by atoms with Gasteiger partial charge in [-0.1, -0.05) is 29.8 Å². The fourth-order valence-corrected chi connectivity index (χ4v) is 3.49. The first-order valence-corrected chi connectivity index (χ1v) is 8.38. The smallest absolute Gasteiger partial charge is 0.163 e. The second-order valence-corrected chi connectivity index (χ2v) is 6.34. The number of amidine groups is 1. The summed E-state index contributed by atoms with van der Waals surface area (Å²) in [6.45, 7) is 0. The Morgan fingerprint density at radius 1 is 1.12 bits per heavy atom. The minimum Gasteiger partial charge on any atom is -0.343 e. The quantitative estimate of drug-likeness (QED) is 0.906. The van der Waals surface area contributed by atoms with Crippen molar-refractivity contribution in [2.75, 3.05) is 0 Å². The average Bonchev–Trinajstić information content (AvgIpc) is 2.62. The number of aliphatic imine (C=N–C) groups is 1. The van der Waals surface area contributed by atoms with Gasteiger partial charge in [-0.15, -0.1) is 0 Å². The first-order valence-electron chi connectivity index (χ1n) is 8.00. The molecule has 1 aromatic heterocycles. The van der Waals surface area contributed by atoms with Crippen LogP contribution in [-0.2, 0) is 4.79 Å². The van der Waals surface area contributed by atoms with Crippen molar-refractivity contribution in [3.8, 4) is 0 Å². The molecule has 0 saturated heterocycles. The number of halogens is 1. The van der Waals surface area contributed by atoms with Gasteiger partial charge in [0.15, 0.2) is 5.78 Å². The van der Waals surface area contributed by atoms with Gasteiger partial charge in [-0.25, -0.2) is 0 Å². The molecule has 4 nitrogen and oxygen atoms in total. The number of Topliss-reactive ketones (excluding diaryl/α,β-unsaturated/α-hetero) is 1. The highest BCUT2D eigenvalue weighted by Crippen LogP contribution is 2.39. The number of carbonyl (C=O) groups is 1. The van der Waals surface area contributed by atoms with E-state index in [4.69, 9.17) is 16.6 Å². The molecule has 2 aliphatic rings. The van der Waals surface area contributed by atoms with Crippen LogP contribution in [0.2, 0.25) is 5.02 Å². The van der Waals surface area contributed by atoms with Gasteiger partial charge in [0.1, 0.15) is 11.9 Å². The monoisotopic (exact) mass is 337 g/mol. The van der Waals surface area contributed by atoms with Gasteiger partial charge in [0.05, 0.1) is 0 Å². The summed E-state index contributed by atoms with van der Waals surface area (Å²) in [6.07, 6.45) is 5.78. The Morgan fingerprint density at radius 2 is 2.00 bits per heavy atom. The Morgan fingerprint density at radius 3 is 2.79 bits per heavy atom. The molecule has 2 heterocycles. The molecule has 0 amide bonds. The van der Waals surface area contributed by atoms with Crippen molar-refractivity contribution in [1.29, 1.82) is 0 Å². The Kier molecular flexibility index (Phi) is 3.90. The Hall–Kier alpha value is -2.46. The summed E-state index contributed by atoms with van der Waals surface area (Å²) in [5.41, 5.74) is 3.48. The molecule has 120 valence electrons. The zero-order valence-electron chi connectivity index (χ0n) is 13.0. The first-order chi connectivity index (χ1) is 11.7. The SMILES string of the molecule is O=C1CCCC2=C1[C@@H](c1ccccc1Cl)N=C(c1cccnc1)N2. The highest BCUT2D eigenvalue weighted by Gasteiger charge is 2.33.